The van der Waals surface area contributed by atoms with Crippen molar-refractivity contribution in [3.05, 3.63) is 28.8 Å². The smallest absolute Gasteiger partial charge is 0.238 e. The molecule has 10 heteroatoms. The number of aryl methyl sites for hydroxylation is 1. The van der Waals surface area contributed by atoms with Gasteiger partial charge in [0.05, 0.1) is 17.5 Å². The van der Waals surface area contributed by atoms with E-state index in [4.69, 9.17) is 0 Å². The third-order valence-corrected chi connectivity index (χ3v) is 10.2. The summed E-state index contributed by atoms with van der Waals surface area (Å²) >= 11 is 0. The van der Waals surface area contributed by atoms with E-state index in [-0.39, 0.29) is 17.7 Å². The van der Waals surface area contributed by atoms with Gasteiger partial charge < -0.3 is 15.5 Å². The lowest BCUT2D eigenvalue weighted by Gasteiger charge is -2.52. The molecule has 0 aliphatic heterocycles. The van der Waals surface area contributed by atoms with Crippen molar-refractivity contribution in [3.63, 3.8) is 0 Å². The number of phenols is 1. The number of phenolic OH excluding ortho intramolecular Hbond substituents is 1. The second-order valence-corrected chi connectivity index (χ2v) is 17.8. The maximum atomic E-state index is 13.9. The average Bonchev–Trinajstić information content (AvgIpc) is 2.80. The highest BCUT2D eigenvalue weighted by Gasteiger charge is 2.69. The number of benzene rings is 1. The van der Waals surface area contributed by atoms with Gasteiger partial charge in [0, 0.05) is 21.0 Å². The number of nitrogens with one attached hydrogen (secondary N) is 1. The number of fused-ring (bicyclic) bond motifs is 3. The van der Waals surface area contributed by atoms with Gasteiger partial charge in [0.15, 0.2) is 34.7 Å². The van der Waals surface area contributed by atoms with Crippen molar-refractivity contribution in [2.45, 2.75) is 56.6 Å². The summed E-state index contributed by atoms with van der Waals surface area (Å²) in [5, 5.41) is 24.6. The van der Waals surface area contributed by atoms with E-state index in [1.807, 2.05) is 6.07 Å². The first-order chi connectivity index (χ1) is 17.1. The van der Waals surface area contributed by atoms with E-state index in [2.05, 4.69) is 25.0 Å². The molecule has 2 saturated carbocycles. The summed E-state index contributed by atoms with van der Waals surface area (Å²) < 4.78 is 0. The predicted molar refractivity (Wildman–Crippen MR) is 138 cm³/mol. The van der Waals surface area contributed by atoms with E-state index >= 15 is 0 Å². The van der Waals surface area contributed by atoms with E-state index < -0.39 is 72.4 Å². The Bertz CT molecular complexity index is 1200. The van der Waals surface area contributed by atoms with E-state index in [9.17, 15) is 34.2 Å². The maximum Gasteiger partial charge on any atom is 0.238 e. The van der Waals surface area contributed by atoms with Crippen LogP contribution >= 0.6 is 0 Å². The van der Waals surface area contributed by atoms with Crippen LogP contribution in [0, 0.1) is 23.7 Å². The quantitative estimate of drug-likeness (QED) is 0.380. The number of carbonyl (C=O) groups is 5. The van der Waals surface area contributed by atoms with Crippen LogP contribution in [0.3, 0.4) is 0 Å². The number of aliphatic hydroxyl groups is 1. The Balaban J connectivity index is 1.82. The Morgan fingerprint density at radius 1 is 1.14 bits per heavy atom. The molecule has 0 spiro atoms. The summed E-state index contributed by atoms with van der Waals surface area (Å²) in [5.74, 6) is -9.35. The fraction of sp³-hybridized carbons (Fsp3) is 0.593. The summed E-state index contributed by atoms with van der Waals surface area (Å²) in [6.07, 6.45) is 1.15. The second kappa shape index (κ2) is 9.25. The average molecular weight is 529 g/mol. The number of likely N-dealkylation sites (N-methyl/N-ethyl adjacent to an activating group) is 1. The number of ketones is 4. The minimum Gasteiger partial charge on any atom is -0.507 e. The van der Waals surface area contributed by atoms with Crippen molar-refractivity contribution >= 4 is 37.1 Å². The van der Waals surface area contributed by atoms with Gasteiger partial charge >= 0.3 is 0 Å². The number of aromatic hydroxyl groups is 1. The van der Waals surface area contributed by atoms with Crippen LogP contribution in [-0.4, -0.2) is 85.0 Å². The third-order valence-electron chi connectivity index (χ3n) is 8.41. The number of nitrogens with zero attached hydrogens (tertiary/aromatic N) is 1. The Morgan fingerprint density at radius 2 is 1.78 bits per heavy atom. The standard InChI is InChI=1S/C27H36N2O7Si/c1-28-26(35)20-23(32)21(29(2)3)16-12-14-11-15-13(9-10-37(4,5)6)7-8-17(30)19(15)22(31)18(14)24(33)27(16,36)25(20)34/h7-8,14,16,18,20-21,30,36H,9-12H2,1-6H3,(H,28,35)/t14-,16-,18?,20?,21-,27-/m0/s1. The lowest BCUT2D eigenvalue weighted by atomic mass is 9.52. The zero-order valence-corrected chi connectivity index (χ0v) is 23.3. The highest BCUT2D eigenvalue weighted by atomic mass is 28.3. The highest BCUT2D eigenvalue weighted by Crippen LogP contribution is 2.51. The molecule has 2 unspecified atom stereocenters. The van der Waals surface area contributed by atoms with Gasteiger partial charge in [-0.25, -0.2) is 0 Å². The molecular weight excluding hydrogens is 492 g/mol. The fourth-order valence-corrected chi connectivity index (χ4v) is 7.56. The van der Waals surface area contributed by atoms with Gasteiger partial charge in [-0.15, -0.1) is 0 Å². The molecule has 0 heterocycles. The monoisotopic (exact) mass is 528 g/mol. The van der Waals surface area contributed by atoms with E-state index in [0.29, 0.717) is 12.0 Å². The van der Waals surface area contributed by atoms with Crippen LogP contribution < -0.4 is 5.32 Å². The summed E-state index contributed by atoms with van der Waals surface area (Å²) in [4.78, 5) is 68.5. The SMILES string of the molecule is CNC(=O)C1C(=O)[C@@H](N(C)C)[C@@H]2C[C@@H]3Cc4c(CC[Si](C)(C)C)ccc(O)c4C(=O)C3C(=O)[C@]2(O)C1=O. The van der Waals surface area contributed by atoms with Crippen LogP contribution in [0.5, 0.6) is 5.75 Å². The van der Waals surface area contributed by atoms with Crippen molar-refractivity contribution in [3.8, 4) is 5.75 Å². The number of carbonyl (C=O) groups excluding carboxylic acids is 5. The first-order valence-electron chi connectivity index (χ1n) is 12.8. The number of Topliss-reactive ketones (excluding diaryl/α,β-unsaturated/α-hetero) is 4. The van der Waals surface area contributed by atoms with Gasteiger partial charge in [-0.2, -0.15) is 0 Å². The molecule has 1 amide bonds. The Kier molecular flexibility index (Phi) is 6.84. The summed E-state index contributed by atoms with van der Waals surface area (Å²) in [5.41, 5.74) is -0.911. The van der Waals surface area contributed by atoms with Crippen LogP contribution in [0.15, 0.2) is 12.1 Å². The molecule has 2 fully saturated rings. The molecule has 3 aliphatic rings. The normalized spacial score (nSPS) is 31.6. The number of hydrogen-bond donors (Lipinski definition) is 3. The minimum atomic E-state index is -2.65. The zero-order valence-electron chi connectivity index (χ0n) is 22.3. The lowest BCUT2D eigenvalue weighted by molar-refractivity contribution is -0.181. The van der Waals surface area contributed by atoms with Gasteiger partial charge in [0.2, 0.25) is 5.91 Å². The molecule has 4 rings (SSSR count). The minimum absolute atomic E-state index is 0.0797. The lowest BCUT2D eigenvalue weighted by Crippen LogP contribution is -2.74. The van der Waals surface area contributed by atoms with E-state index in [1.165, 1.54) is 18.0 Å². The van der Waals surface area contributed by atoms with Crippen LogP contribution in [0.25, 0.3) is 0 Å². The number of hydrogen-bond acceptors (Lipinski definition) is 8. The number of rotatable bonds is 5. The van der Waals surface area contributed by atoms with Crippen molar-refractivity contribution in [2.75, 3.05) is 21.1 Å². The van der Waals surface area contributed by atoms with Crippen molar-refractivity contribution in [1.29, 1.82) is 0 Å². The van der Waals surface area contributed by atoms with E-state index in [1.54, 1.807) is 14.1 Å². The molecule has 37 heavy (non-hydrogen) atoms. The van der Waals surface area contributed by atoms with Gasteiger partial charge in [-0.05, 0) is 56.5 Å². The molecule has 0 radical (unpaired) electrons. The van der Waals surface area contributed by atoms with Gasteiger partial charge in [-0.1, -0.05) is 31.8 Å². The molecule has 200 valence electrons. The Morgan fingerprint density at radius 3 is 2.35 bits per heavy atom. The maximum absolute atomic E-state index is 13.9. The van der Waals surface area contributed by atoms with Crippen molar-refractivity contribution in [2.24, 2.45) is 23.7 Å². The second-order valence-electron chi connectivity index (χ2n) is 12.2. The molecule has 0 saturated heterocycles. The van der Waals surface area contributed by atoms with Crippen molar-refractivity contribution in [1.82, 2.24) is 10.2 Å². The molecule has 0 aromatic heterocycles. The van der Waals surface area contributed by atoms with Crippen LogP contribution in [0.1, 0.15) is 27.9 Å². The van der Waals surface area contributed by atoms with Gasteiger partial charge in [0.25, 0.3) is 0 Å². The Labute approximate surface area is 217 Å². The Hall–Kier alpha value is -2.69. The molecule has 9 nitrogen and oxygen atoms in total. The highest BCUT2D eigenvalue weighted by molar-refractivity contribution is 6.76. The largest absolute Gasteiger partial charge is 0.507 e. The third kappa shape index (κ3) is 4.19. The van der Waals surface area contributed by atoms with Gasteiger partial charge in [0.1, 0.15) is 5.75 Å². The first-order valence-corrected chi connectivity index (χ1v) is 16.5. The molecule has 3 N–H and O–H groups in total. The zero-order chi connectivity index (χ0) is 27.6. The van der Waals surface area contributed by atoms with E-state index in [0.717, 1.165) is 18.0 Å². The molecule has 1 aromatic carbocycles. The van der Waals surface area contributed by atoms with Crippen LogP contribution in [0.2, 0.25) is 25.7 Å². The molecule has 3 aliphatic carbocycles. The molecule has 0 bridgehead atoms. The molecule has 6 atom stereocenters. The topological polar surface area (TPSA) is 141 Å². The van der Waals surface area contributed by atoms with Crippen LogP contribution in [-0.2, 0) is 32.0 Å². The van der Waals surface area contributed by atoms with Crippen molar-refractivity contribution < 1.29 is 34.2 Å². The molecule has 1 aromatic rings. The predicted octanol–water partition coefficient (Wildman–Crippen LogP) is 1.01. The van der Waals surface area contributed by atoms with Crippen LogP contribution in [0.4, 0.5) is 0 Å². The first kappa shape index (κ1) is 27.3. The fourth-order valence-electron chi connectivity index (χ4n) is 6.54. The summed E-state index contributed by atoms with van der Waals surface area (Å²) in [6, 6.07) is 3.23. The number of amides is 1. The summed E-state index contributed by atoms with van der Waals surface area (Å²) in [7, 11) is 3.07. The van der Waals surface area contributed by atoms with Gasteiger partial charge in [-0.3, -0.25) is 28.9 Å². The summed E-state index contributed by atoms with van der Waals surface area (Å²) in [6.45, 7) is 6.77. The molecular formula is C27H36N2O7Si.